The molecule has 2 aliphatic heterocycles. The number of halogens is 6. The molecule has 29 heavy (non-hydrogen) atoms. The van der Waals surface area contributed by atoms with Gasteiger partial charge in [0.2, 0.25) is 5.82 Å². The van der Waals surface area contributed by atoms with E-state index in [2.05, 4.69) is 14.9 Å². The highest BCUT2D eigenvalue weighted by molar-refractivity contribution is 5.23. The van der Waals surface area contributed by atoms with E-state index in [9.17, 15) is 26.3 Å². The van der Waals surface area contributed by atoms with Crippen molar-refractivity contribution in [1.29, 1.82) is 0 Å². The first-order chi connectivity index (χ1) is 13.6. The number of rotatable bonds is 1. The average Bonchev–Trinajstić information content (AvgIpc) is 3.08. The van der Waals surface area contributed by atoms with Gasteiger partial charge < -0.3 is 10.5 Å². The van der Waals surface area contributed by atoms with Gasteiger partial charge in [-0.25, -0.2) is 23.1 Å². The number of fused-ring (bicyclic) bond motifs is 1. The van der Waals surface area contributed by atoms with Crippen LogP contribution in [-0.4, -0.2) is 40.2 Å². The third kappa shape index (κ3) is 5.43. The molecule has 2 atom stereocenters. The van der Waals surface area contributed by atoms with E-state index in [-0.39, 0.29) is 12.1 Å². The Morgan fingerprint density at radius 2 is 1.83 bits per heavy atom. The van der Waals surface area contributed by atoms with E-state index in [1.165, 1.54) is 6.20 Å². The average molecular weight is 420 g/mol. The molecule has 0 amide bonds. The Balaban J connectivity index is 0.000000224. The summed E-state index contributed by atoms with van der Waals surface area (Å²) in [4.78, 5) is 9.09. The number of hydrogen-bond acceptors (Lipinski definition) is 5. The Hall–Kier alpha value is -2.24. The van der Waals surface area contributed by atoms with Crippen molar-refractivity contribution in [3.8, 4) is 0 Å². The molecular formula is C18H18F6N4O. The van der Waals surface area contributed by atoms with E-state index in [0.717, 1.165) is 24.1 Å². The molecule has 0 aliphatic carbocycles. The second-order valence-electron chi connectivity index (χ2n) is 6.81. The lowest BCUT2D eigenvalue weighted by atomic mass is 10.1. The zero-order valence-electron chi connectivity index (χ0n) is 15.1. The fourth-order valence-electron chi connectivity index (χ4n) is 3.14. The summed E-state index contributed by atoms with van der Waals surface area (Å²) in [6.07, 6.45) is -2.44. The van der Waals surface area contributed by atoms with Crippen LogP contribution in [0.5, 0.6) is 0 Å². The summed E-state index contributed by atoms with van der Waals surface area (Å²) < 4.78 is 79.0. The molecule has 1 aromatic carbocycles. The third-order valence-corrected chi connectivity index (χ3v) is 4.55. The largest absolute Gasteiger partial charge is 0.451 e. The zero-order valence-corrected chi connectivity index (χ0v) is 15.1. The minimum atomic E-state index is -4.50. The minimum Gasteiger partial charge on any atom is -0.378 e. The first kappa shape index (κ1) is 21.5. The molecule has 158 valence electrons. The van der Waals surface area contributed by atoms with Crippen molar-refractivity contribution in [2.24, 2.45) is 5.73 Å². The monoisotopic (exact) mass is 420 g/mol. The molecule has 1 saturated heterocycles. The molecular weight excluding hydrogens is 402 g/mol. The van der Waals surface area contributed by atoms with Crippen molar-refractivity contribution in [2.75, 3.05) is 13.2 Å². The van der Waals surface area contributed by atoms with Gasteiger partial charge in [0.25, 0.3) is 0 Å². The SMILES string of the molecule is Fc1ccc(F)c(F)c1.N[C@@H]1COC[C@H](N2Cc3cnc(C(F)(F)F)nc3C2)C1. The highest BCUT2D eigenvalue weighted by Crippen LogP contribution is 2.30. The number of nitrogens with zero attached hydrogens (tertiary/aromatic N) is 3. The van der Waals surface area contributed by atoms with E-state index in [0.29, 0.717) is 38.1 Å². The van der Waals surface area contributed by atoms with E-state index < -0.39 is 29.5 Å². The molecule has 1 aromatic heterocycles. The third-order valence-electron chi connectivity index (χ3n) is 4.55. The lowest BCUT2D eigenvalue weighted by Crippen LogP contribution is -2.46. The summed E-state index contributed by atoms with van der Waals surface area (Å²) in [6, 6.07) is 2.20. The maximum atomic E-state index is 12.6. The van der Waals surface area contributed by atoms with E-state index in [1.54, 1.807) is 0 Å². The van der Waals surface area contributed by atoms with Gasteiger partial charge >= 0.3 is 6.18 Å². The van der Waals surface area contributed by atoms with Crippen molar-refractivity contribution in [1.82, 2.24) is 14.9 Å². The van der Waals surface area contributed by atoms with Gasteiger partial charge in [-0.15, -0.1) is 0 Å². The molecule has 0 saturated carbocycles. The molecule has 1 fully saturated rings. The Labute approximate surface area is 162 Å². The predicted octanol–water partition coefficient (Wildman–Crippen LogP) is 3.03. The topological polar surface area (TPSA) is 64.3 Å². The first-order valence-corrected chi connectivity index (χ1v) is 8.73. The Bertz CT molecular complexity index is 863. The van der Waals surface area contributed by atoms with Crippen molar-refractivity contribution >= 4 is 0 Å². The van der Waals surface area contributed by atoms with Crippen LogP contribution in [0.15, 0.2) is 24.4 Å². The van der Waals surface area contributed by atoms with Gasteiger partial charge in [-0.3, -0.25) is 4.90 Å². The standard InChI is InChI=1S/C12H15F3N4O.C6H3F3/c13-12(14,15)11-17-2-7-3-19(4-10(7)18-11)9-1-8(16)5-20-6-9;7-4-1-2-5(8)6(9)3-4/h2,8-9H,1,3-6,16H2;1-3H/t8-,9+;/m0./s1. The van der Waals surface area contributed by atoms with Crippen LogP contribution in [0.25, 0.3) is 0 Å². The summed E-state index contributed by atoms with van der Waals surface area (Å²) in [5.74, 6) is -4.03. The number of nitrogens with two attached hydrogens (primary N) is 1. The molecule has 0 spiro atoms. The highest BCUT2D eigenvalue weighted by Gasteiger charge is 2.37. The Kier molecular flexibility index (Phi) is 6.39. The van der Waals surface area contributed by atoms with Gasteiger partial charge in [-0.1, -0.05) is 0 Å². The molecule has 4 rings (SSSR count). The van der Waals surface area contributed by atoms with Gasteiger partial charge in [0, 0.05) is 43.0 Å². The summed E-state index contributed by atoms with van der Waals surface area (Å²) in [5.41, 5.74) is 7.05. The quantitative estimate of drug-likeness (QED) is 0.568. The number of hydrogen-bond donors (Lipinski definition) is 1. The lowest BCUT2D eigenvalue weighted by Gasteiger charge is -2.33. The second-order valence-corrected chi connectivity index (χ2v) is 6.81. The van der Waals surface area contributed by atoms with Crippen LogP contribution in [0.4, 0.5) is 26.3 Å². The van der Waals surface area contributed by atoms with Crippen LogP contribution in [-0.2, 0) is 24.0 Å². The summed E-state index contributed by atoms with van der Waals surface area (Å²) in [6.45, 7) is 2.03. The molecule has 0 unspecified atom stereocenters. The second kappa shape index (κ2) is 8.64. The fraction of sp³-hybridized carbons (Fsp3) is 0.444. The van der Waals surface area contributed by atoms with Crippen molar-refractivity contribution in [3.63, 3.8) is 0 Å². The van der Waals surface area contributed by atoms with Gasteiger partial charge in [0.05, 0.1) is 18.9 Å². The Morgan fingerprint density at radius 1 is 1.07 bits per heavy atom. The molecule has 0 bridgehead atoms. The number of aromatic nitrogens is 2. The van der Waals surface area contributed by atoms with Crippen LogP contribution >= 0.6 is 0 Å². The maximum Gasteiger partial charge on any atom is 0.451 e. The fourth-order valence-corrected chi connectivity index (χ4v) is 3.14. The van der Waals surface area contributed by atoms with Crippen LogP contribution in [0.3, 0.4) is 0 Å². The molecule has 2 aliphatic rings. The molecule has 2 N–H and O–H groups in total. The van der Waals surface area contributed by atoms with Crippen LogP contribution in [0.1, 0.15) is 23.5 Å². The van der Waals surface area contributed by atoms with Crippen molar-refractivity contribution in [2.45, 2.75) is 37.8 Å². The van der Waals surface area contributed by atoms with E-state index in [1.807, 2.05) is 0 Å². The summed E-state index contributed by atoms with van der Waals surface area (Å²) in [7, 11) is 0. The van der Waals surface area contributed by atoms with Gasteiger partial charge in [-0.2, -0.15) is 13.2 Å². The molecule has 2 aromatic rings. The Morgan fingerprint density at radius 3 is 2.45 bits per heavy atom. The predicted molar refractivity (Wildman–Crippen MR) is 89.8 cm³/mol. The first-order valence-electron chi connectivity index (χ1n) is 8.73. The van der Waals surface area contributed by atoms with Crippen LogP contribution in [0, 0.1) is 17.5 Å². The molecule has 5 nitrogen and oxygen atoms in total. The zero-order chi connectivity index (χ0) is 21.2. The number of alkyl halides is 3. The number of ether oxygens (including phenoxy) is 1. The number of benzene rings is 1. The van der Waals surface area contributed by atoms with Crippen LogP contribution < -0.4 is 5.73 Å². The smallest absolute Gasteiger partial charge is 0.378 e. The normalized spacial score (nSPS) is 22.0. The lowest BCUT2D eigenvalue weighted by molar-refractivity contribution is -0.145. The van der Waals surface area contributed by atoms with Gasteiger partial charge in [-0.05, 0) is 18.6 Å². The molecule has 0 radical (unpaired) electrons. The minimum absolute atomic E-state index is 0.0192. The van der Waals surface area contributed by atoms with Crippen LogP contribution in [0.2, 0.25) is 0 Å². The van der Waals surface area contributed by atoms with Crippen molar-refractivity contribution in [3.05, 3.63) is 58.9 Å². The van der Waals surface area contributed by atoms with Crippen molar-refractivity contribution < 1.29 is 31.1 Å². The summed E-state index contributed by atoms with van der Waals surface area (Å²) in [5, 5.41) is 0. The van der Waals surface area contributed by atoms with Gasteiger partial charge in [0.15, 0.2) is 11.6 Å². The summed E-state index contributed by atoms with van der Waals surface area (Å²) >= 11 is 0. The maximum absolute atomic E-state index is 12.6. The van der Waals surface area contributed by atoms with E-state index >= 15 is 0 Å². The molecule has 3 heterocycles. The highest BCUT2D eigenvalue weighted by atomic mass is 19.4. The van der Waals surface area contributed by atoms with E-state index in [4.69, 9.17) is 10.5 Å². The molecule has 11 heteroatoms. The van der Waals surface area contributed by atoms with Gasteiger partial charge in [0.1, 0.15) is 5.82 Å².